The average Bonchev–Trinajstić information content (AvgIpc) is 3.02. The smallest absolute Gasteiger partial charge is 0.123 e. The van der Waals surface area contributed by atoms with Gasteiger partial charge in [0, 0.05) is 10.8 Å². The molecule has 6 heteroatoms. The zero-order valence-corrected chi connectivity index (χ0v) is 11.4. The molecule has 0 fully saturated rings. The summed E-state index contributed by atoms with van der Waals surface area (Å²) in [7, 11) is 0. The molecule has 0 atom stereocenters. The van der Waals surface area contributed by atoms with Crippen LogP contribution in [0, 0.1) is 0 Å². The molecule has 0 bridgehead atoms. The molecular formula is C16H11N5O. The van der Waals surface area contributed by atoms with Crippen LogP contribution >= 0.6 is 0 Å². The maximum Gasteiger partial charge on any atom is 0.123 e. The van der Waals surface area contributed by atoms with E-state index >= 15 is 0 Å². The highest BCUT2D eigenvalue weighted by molar-refractivity contribution is 5.96. The van der Waals surface area contributed by atoms with Gasteiger partial charge in [0.05, 0.1) is 11.4 Å². The predicted molar refractivity (Wildman–Crippen MR) is 83.7 cm³/mol. The molecule has 106 valence electrons. The van der Waals surface area contributed by atoms with Crippen LogP contribution in [0.3, 0.4) is 0 Å². The lowest BCUT2D eigenvalue weighted by Gasteiger charge is -2.03. The van der Waals surface area contributed by atoms with E-state index in [1.54, 1.807) is 12.1 Å². The highest BCUT2D eigenvalue weighted by Crippen LogP contribution is 2.33. The van der Waals surface area contributed by atoms with Crippen LogP contribution in [0.25, 0.3) is 21.8 Å². The molecule has 1 aromatic heterocycles. The molecule has 0 aliphatic carbocycles. The molecule has 2 N–H and O–H groups in total. The number of aromatic hydroxyl groups is 1. The van der Waals surface area contributed by atoms with Crippen molar-refractivity contribution in [3.63, 3.8) is 0 Å². The number of nitrogens with one attached hydrogen (secondary N) is 1. The van der Waals surface area contributed by atoms with Crippen LogP contribution < -0.4 is 0 Å². The van der Waals surface area contributed by atoms with Gasteiger partial charge in [-0.2, -0.15) is 20.5 Å². The minimum absolute atomic E-state index is 0.235. The predicted octanol–water partition coefficient (Wildman–Crippen LogP) is 4.23. The second kappa shape index (κ2) is 4.92. The Hall–Kier alpha value is -3.28. The van der Waals surface area contributed by atoms with Crippen molar-refractivity contribution in [1.82, 2.24) is 15.4 Å². The monoisotopic (exact) mass is 289 g/mol. The number of aromatic amines is 1. The van der Waals surface area contributed by atoms with E-state index in [-0.39, 0.29) is 5.75 Å². The summed E-state index contributed by atoms with van der Waals surface area (Å²) in [6, 6.07) is 16.4. The molecule has 22 heavy (non-hydrogen) atoms. The number of phenols is 1. The lowest BCUT2D eigenvalue weighted by atomic mass is 10.1. The third-order valence-electron chi connectivity index (χ3n) is 3.45. The highest BCUT2D eigenvalue weighted by Gasteiger charge is 2.04. The number of phenolic OH excluding ortho intramolecular Hbond substituents is 1. The molecule has 0 aliphatic heterocycles. The third kappa shape index (κ3) is 2.07. The summed E-state index contributed by atoms with van der Waals surface area (Å²) in [5.41, 5.74) is 2.92. The lowest BCUT2D eigenvalue weighted by molar-refractivity contribution is 0.481. The zero-order chi connectivity index (χ0) is 14.9. The van der Waals surface area contributed by atoms with Gasteiger partial charge in [-0.15, -0.1) is 5.11 Å². The summed E-state index contributed by atoms with van der Waals surface area (Å²) >= 11 is 0. The van der Waals surface area contributed by atoms with Crippen molar-refractivity contribution in [2.24, 2.45) is 10.2 Å². The van der Waals surface area contributed by atoms with Crippen LogP contribution in [-0.2, 0) is 0 Å². The van der Waals surface area contributed by atoms with Crippen molar-refractivity contribution >= 4 is 33.2 Å². The number of nitrogens with zero attached hydrogens (tertiary/aromatic N) is 4. The van der Waals surface area contributed by atoms with Crippen molar-refractivity contribution in [1.29, 1.82) is 0 Å². The standard InChI is InChI=1S/C16H11N5O/c22-16-8-7-13(11-3-1-2-4-12(11)16)18-17-10-5-6-14-15(9-10)20-21-19-14/h1-9,22H,(H,19,20,21). The van der Waals surface area contributed by atoms with Gasteiger partial charge >= 0.3 is 0 Å². The molecule has 0 amide bonds. The van der Waals surface area contributed by atoms with Gasteiger partial charge in [-0.3, -0.25) is 0 Å². The quantitative estimate of drug-likeness (QED) is 0.541. The minimum Gasteiger partial charge on any atom is -0.507 e. The van der Waals surface area contributed by atoms with Gasteiger partial charge in [-0.25, -0.2) is 0 Å². The van der Waals surface area contributed by atoms with Gasteiger partial charge in [0.1, 0.15) is 16.8 Å². The molecule has 3 aromatic carbocycles. The number of H-pyrrole nitrogens is 1. The number of hydrogen-bond donors (Lipinski definition) is 2. The van der Waals surface area contributed by atoms with Crippen molar-refractivity contribution in [2.45, 2.75) is 0 Å². The minimum atomic E-state index is 0.235. The first-order chi connectivity index (χ1) is 10.8. The van der Waals surface area contributed by atoms with Gasteiger partial charge in [-0.05, 0) is 30.3 Å². The van der Waals surface area contributed by atoms with Gasteiger partial charge in [0.2, 0.25) is 0 Å². The summed E-state index contributed by atoms with van der Waals surface area (Å²) in [5.74, 6) is 0.235. The maximum atomic E-state index is 9.88. The van der Waals surface area contributed by atoms with Crippen LogP contribution in [0.4, 0.5) is 11.4 Å². The van der Waals surface area contributed by atoms with E-state index in [2.05, 4.69) is 25.6 Å². The molecule has 1 heterocycles. The molecule has 4 rings (SSSR count). The number of azo groups is 1. The largest absolute Gasteiger partial charge is 0.507 e. The van der Waals surface area contributed by atoms with Gasteiger partial charge in [-0.1, -0.05) is 24.3 Å². The molecule has 4 aromatic rings. The van der Waals surface area contributed by atoms with Gasteiger partial charge in [0.25, 0.3) is 0 Å². The Labute approximate surface area is 125 Å². The Bertz CT molecular complexity index is 1010. The second-order valence-corrected chi connectivity index (χ2v) is 4.85. The molecule has 0 unspecified atom stereocenters. The molecule has 0 spiro atoms. The third-order valence-corrected chi connectivity index (χ3v) is 3.45. The Morgan fingerprint density at radius 1 is 0.818 bits per heavy atom. The van der Waals surface area contributed by atoms with Crippen LogP contribution in [-0.4, -0.2) is 20.5 Å². The van der Waals surface area contributed by atoms with Crippen molar-refractivity contribution in [2.75, 3.05) is 0 Å². The zero-order valence-electron chi connectivity index (χ0n) is 11.4. The number of aromatic nitrogens is 3. The number of fused-ring (bicyclic) bond motifs is 2. The van der Waals surface area contributed by atoms with E-state index in [0.717, 1.165) is 21.8 Å². The summed E-state index contributed by atoms with van der Waals surface area (Å²) in [6.45, 7) is 0. The summed E-state index contributed by atoms with van der Waals surface area (Å²) in [6.07, 6.45) is 0. The fraction of sp³-hybridized carbons (Fsp3) is 0. The van der Waals surface area contributed by atoms with E-state index in [0.29, 0.717) is 11.4 Å². The first-order valence-electron chi connectivity index (χ1n) is 6.74. The number of hydrogen-bond acceptors (Lipinski definition) is 5. The molecule has 0 radical (unpaired) electrons. The maximum absolute atomic E-state index is 9.88. The molecule has 0 aliphatic rings. The molecular weight excluding hydrogens is 278 g/mol. The Balaban J connectivity index is 1.78. The Morgan fingerprint density at radius 2 is 1.64 bits per heavy atom. The number of rotatable bonds is 2. The van der Waals surface area contributed by atoms with Crippen LogP contribution in [0.15, 0.2) is 64.8 Å². The molecule has 6 nitrogen and oxygen atoms in total. The van der Waals surface area contributed by atoms with Crippen LogP contribution in [0.1, 0.15) is 0 Å². The van der Waals surface area contributed by atoms with E-state index in [4.69, 9.17) is 0 Å². The van der Waals surface area contributed by atoms with E-state index in [9.17, 15) is 5.11 Å². The summed E-state index contributed by atoms with van der Waals surface area (Å²) < 4.78 is 0. The van der Waals surface area contributed by atoms with Crippen molar-refractivity contribution < 1.29 is 5.11 Å². The summed E-state index contributed by atoms with van der Waals surface area (Å²) in [4.78, 5) is 0. The number of benzene rings is 3. The van der Waals surface area contributed by atoms with Crippen molar-refractivity contribution in [3.8, 4) is 5.75 Å². The lowest BCUT2D eigenvalue weighted by Crippen LogP contribution is -1.75. The molecule has 0 saturated heterocycles. The second-order valence-electron chi connectivity index (χ2n) is 4.85. The van der Waals surface area contributed by atoms with Crippen molar-refractivity contribution in [3.05, 3.63) is 54.6 Å². The van der Waals surface area contributed by atoms with E-state index in [1.807, 2.05) is 42.5 Å². The Morgan fingerprint density at radius 3 is 2.55 bits per heavy atom. The fourth-order valence-electron chi connectivity index (χ4n) is 2.36. The van der Waals surface area contributed by atoms with E-state index in [1.165, 1.54) is 0 Å². The molecule has 0 saturated carbocycles. The van der Waals surface area contributed by atoms with Crippen LogP contribution in [0.2, 0.25) is 0 Å². The van der Waals surface area contributed by atoms with Gasteiger partial charge in [0.15, 0.2) is 0 Å². The average molecular weight is 289 g/mol. The topological polar surface area (TPSA) is 86.5 Å². The Kier molecular flexibility index (Phi) is 2.79. The first-order valence-corrected chi connectivity index (χ1v) is 6.74. The van der Waals surface area contributed by atoms with E-state index < -0.39 is 0 Å². The summed E-state index contributed by atoms with van der Waals surface area (Å²) in [5, 5.41) is 30.6. The SMILES string of the molecule is Oc1ccc(N=Nc2ccc3n[nH]nc3c2)c2ccccc12. The first kappa shape index (κ1) is 12.5. The fourth-order valence-corrected chi connectivity index (χ4v) is 2.36. The van der Waals surface area contributed by atoms with Crippen LogP contribution in [0.5, 0.6) is 5.75 Å². The highest BCUT2D eigenvalue weighted by atomic mass is 16.3. The van der Waals surface area contributed by atoms with Gasteiger partial charge < -0.3 is 5.11 Å². The normalized spacial score (nSPS) is 11.6.